The Morgan fingerprint density at radius 2 is 1.97 bits per heavy atom. The van der Waals surface area contributed by atoms with Crippen molar-refractivity contribution in [3.05, 3.63) is 17.8 Å². The average Bonchev–Trinajstić information content (AvgIpc) is 3.21. The number of hydrogen-bond donors (Lipinski definition) is 3. The number of hydrogen-bond acceptors (Lipinski definition) is 7. The fraction of sp³-hybridized carbons (Fsp3) is 0.720. The van der Waals surface area contributed by atoms with E-state index in [4.69, 9.17) is 9.47 Å². The molecule has 1 aromatic heterocycles. The molecular formula is C25H39N5O5. The van der Waals surface area contributed by atoms with Crippen molar-refractivity contribution in [1.82, 2.24) is 20.4 Å². The molecule has 4 saturated carbocycles. The van der Waals surface area contributed by atoms with Crippen LogP contribution < -0.4 is 15.5 Å². The number of ether oxygens (including phenoxy) is 2. The summed E-state index contributed by atoms with van der Waals surface area (Å²) in [5, 5.41) is 21.4. The van der Waals surface area contributed by atoms with E-state index in [1.807, 2.05) is 25.8 Å². The molecule has 4 aliphatic rings. The van der Waals surface area contributed by atoms with E-state index in [0.29, 0.717) is 42.3 Å². The first-order valence-electron chi connectivity index (χ1n) is 12.4. The topological polar surface area (TPSA) is 118 Å². The zero-order valence-electron chi connectivity index (χ0n) is 21.4. The fourth-order valence-corrected chi connectivity index (χ4v) is 6.40. The number of carbonyl (C=O) groups is 2. The van der Waals surface area contributed by atoms with Crippen molar-refractivity contribution in [2.45, 2.75) is 63.1 Å². The number of aromatic nitrogens is 2. The molecule has 0 aromatic carbocycles. The molecule has 4 bridgehead atoms. The lowest BCUT2D eigenvalue weighted by Crippen LogP contribution is -2.61. The van der Waals surface area contributed by atoms with Gasteiger partial charge in [0, 0.05) is 32.9 Å². The fourth-order valence-electron chi connectivity index (χ4n) is 6.40. The summed E-state index contributed by atoms with van der Waals surface area (Å²) >= 11 is 0. The summed E-state index contributed by atoms with van der Waals surface area (Å²) in [6, 6.07) is 0.0820. The van der Waals surface area contributed by atoms with E-state index >= 15 is 0 Å². The molecule has 194 valence electrons. The van der Waals surface area contributed by atoms with Crippen LogP contribution in [-0.4, -0.2) is 78.5 Å². The predicted octanol–water partition coefficient (Wildman–Crippen LogP) is 2.24. The molecule has 0 radical (unpaired) electrons. The van der Waals surface area contributed by atoms with Crippen LogP contribution in [0.1, 0.15) is 56.3 Å². The van der Waals surface area contributed by atoms with Crippen LogP contribution in [0.25, 0.3) is 6.20 Å². The van der Waals surface area contributed by atoms with Crippen molar-refractivity contribution in [2.24, 2.45) is 17.8 Å². The van der Waals surface area contributed by atoms with Gasteiger partial charge in [0.2, 0.25) is 0 Å². The summed E-state index contributed by atoms with van der Waals surface area (Å²) in [4.78, 5) is 27.1. The SMILES string of the molecule is COCCN(C)c1c(C(=O)NC2C3CC4CC2CC(O)(C4)C3)cnn1/C=C/C(C)(C)NC(=O)OC. The third-order valence-corrected chi connectivity index (χ3v) is 7.79. The molecular weight excluding hydrogens is 450 g/mol. The van der Waals surface area contributed by atoms with Crippen LogP contribution >= 0.6 is 0 Å². The molecule has 2 atom stereocenters. The van der Waals surface area contributed by atoms with Gasteiger partial charge >= 0.3 is 6.09 Å². The third kappa shape index (κ3) is 5.48. The Bertz CT molecular complexity index is 957. The molecule has 35 heavy (non-hydrogen) atoms. The molecule has 4 aliphatic carbocycles. The van der Waals surface area contributed by atoms with Gasteiger partial charge in [-0.15, -0.1) is 0 Å². The third-order valence-electron chi connectivity index (χ3n) is 7.79. The highest BCUT2D eigenvalue weighted by Gasteiger charge is 2.55. The van der Waals surface area contributed by atoms with Gasteiger partial charge in [0.1, 0.15) is 11.4 Å². The number of rotatable bonds is 9. The first kappa shape index (κ1) is 25.5. The molecule has 0 saturated heterocycles. The molecule has 10 nitrogen and oxygen atoms in total. The average molecular weight is 490 g/mol. The van der Waals surface area contributed by atoms with Crippen molar-refractivity contribution in [3.63, 3.8) is 0 Å². The second-order valence-electron chi connectivity index (χ2n) is 11.1. The second-order valence-corrected chi connectivity index (χ2v) is 11.1. The molecule has 5 rings (SSSR count). The summed E-state index contributed by atoms with van der Waals surface area (Å²) < 4.78 is 11.6. The minimum Gasteiger partial charge on any atom is -0.453 e. The minimum absolute atomic E-state index is 0.0820. The predicted molar refractivity (Wildman–Crippen MR) is 132 cm³/mol. The molecule has 10 heteroatoms. The van der Waals surface area contributed by atoms with Gasteiger partial charge in [-0.25, -0.2) is 9.48 Å². The minimum atomic E-state index is -0.690. The molecule has 4 fully saturated rings. The molecule has 1 aromatic rings. The number of nitrogens with one attached hydrogen (secondary N) is 2. The smallest absolute Gasteiger partial charge is 0.407 e. The number of likely N-dealkylation sites (N-methyl/N-ethyl adjacent to an activating group) is 1. The van der Waals surface area contributed by atoms with Crippen LogP contribution in [0.2, 0.25) is 0 Å². The number of aliphatic hydroxyl groups is 1. The maximum atomic E-state index is 13.5. The van der Waals surface area contributed by atoms with E-state index in [9.17, 15) is 14.7 Å². The number of anilines is 1. The zero-order valence-corrected chi connectivity index (χ0v) is 21.4. The van der Waals surface area contributed by atoms with Gasteiger partial charge in [-0.1, -0.05) is 0 Å². The number of carbonyl (C=O) groups excluding carboxylic acids is 2. The Balaban J connectivity index is 1.55. The highest BCUT2D eigenvalue weighted by Crippen LogP contribution is 2.55. The van der Waals surface area contributed by atoms with Crippen LogP contribution in [0.5, 0.6) is 0 Å². The van der Waals surface area contributed by atoms with Gasteiger partial charge in [0.05, 0.1) is 31.1 Å². The maximum Gasteiger partial charge on any atom is 0.407 e. The summed E-state index contributed by atoms with van der Waals surface area (Å²) in [6.07, 6.45) is 9.21. The summed E-state index contributed by atoms with van der Waals surface area (Å²) in [7, 11) is 4.85. The Morgan fingerprint density at radius 1 is 1.29 bits per heavy atom. The maximum absolute atomic E-state index is 13.5. The lowest BCUT2D eigenvalue weighted by Gasteiger charge is -2.58. The Labute approximate surface area is 207 Å². The summed E-state index contributed by atoms with van der Waals surface area (Å²) in [5.41, 5.74) is -0.742. The Hall–Kier alpha value is -2.59. The van der Waals surface area contributed by atoms with E-state index in [2.05, 4.69) is 15.7 Å². The lowest BCUT2D eigenvalue weighted by molar-refractivity contribution is -0.136. The summed E-state index contributed by atoms with van der Waals surface area (Å²) in [6.45, 7) is 4.75. The van der Waals surface area contributed by atoms with Gasteiger partial charge in [-0.05, 0) is 69.8 Å². The quantitative estimate of drug-likeness (QED) is 0.487. The van der Waals surface area contributed by atoms with E-state index < -0.39 is 17.2 Å². The summed E-state index contributed by atoms with van der Waals surface area (Å²) in [5.74, 6) is 1.72. The Morgan fingerprint density at radius 3 is 2.57 bits per heavy atom. The molecule has 3 N–H and O–H groups in total. The molecule has 2 unspecified atom stereocenters. The van der Waals surface area contributed by atoms with Gasteiger partial charge in [0.25, 0.3) is 5.91 Å². The zero-order chi connectivity index (χ0) is 25.4. The van der Waals surface area contributed by atoms with Gasteiger partial charge in [-0.3, -0.25) is 4.79 Å². The first-order chi connectivity index (χ1) is 16.5. The second kappa shape index (κ2) is 9.81. The van der Waals surface area contributed by atoms with Crippen LogP contribution in [-0.2, 0) is 9.47 Å². The van der Waals surface area contributed by atoms with Gasteiger partial charge < -0.3 is 30.1 Å². The highest BCUT2D eigenvalue weighted by molar-refractivity contribution is 5.99. The van der Waals surface area contributed by atoms with Gasteiger partial charge in [0.15, 0.2) is 0 Å². The molecule has 0 aliphatic heterocycles. The monoisotopic (exact) mass is 489 g/mol. The standard InChI is InChI=1S/C25H39N5O5/c1-24(2,28-23(32)35-5)6-7-30-22(29(3)8-9-34-4)19(15-26-30)21(31)27-20-17-10-16-11-18(20)14-25(33,12-16)13-17/h6-7,15-18,20,33H,8-14H2,1-5H3,(H,27,31)(H,28,32)/b7-6+. The van der Waals surface area contributed by atoms with E-state index in [-0.39, 0.29) is 11.9 Å². The normalized spacial score (nSPS) is 29.4. The number of amides is 2. The molecule has 0 spiro atoms. The molecule has 1 heterocycles. The van der Waals surface area contributed by atoms with Crippen LogP contribution in [0.3, 0.4) is 0 Å². The van der Waals surface area contributed by atoms with Crippen LogP contribution in [0.4, 0.5) is 10.6 Å². The van der Waals surface area contributed by atoms with Gasteiger partial charge in [-0.2, -0.15) is 5.10 Å². The lowest BCUT2D eigenvalue weighted by atomic mass is 9.52. The van der Waals surface area contributed by atoms with Crippen molar-refractivity contribution in [2.75, 3.05) is 39.3 Å². The van der Waals surface area contributed by atoms with E-state index in [1.54, 1.807) is 30.3 Å². The Kier molecular flexibility index (Phi) is 7.15. The van der Waals surface area contributed by atoms with Crippen LogP contribution in [0, 0.1) is 17.8 Å². The van der Waals surface area contributed by atoms with Crippen molar-refractivity contribution < 1.29 is 24.2 Å². The largest absolute Gasteiger partial charge is 0.453 e. The number of alkyl carbamates (subject to hydrolysis) is 1. The highest BCUT2D eigenvalue weighted by atomic mass is 16.5. The number of nitrogens with zero attached hydrogens (tertiary/aromatic N) is 3. The number of methoxy groups -OCH3 is 2. The van der Waals surface area contributed by atoms with E-state index in [0.717, 1.165) is 32.1 Å². The van der Waals surface area contributed by atoms with Crippen molar-refractivity contribution >= 4 is 24.0 Å². The van der Waals surface area contributed by atoms with Crippen LogP contribution in [0.15, 0.2) is 12.3 Å². The molecule has 2 amide bonds. The van der Waals surface area contributed by atoms with Crippen molar-refractivity contribution in [1.29, 1.82) is 0 Å². The van der Waals surface area contributed by atoms with E-state index in [1.165, 1.54) is 7.11 Å². The van der Waals surface area contributed by atoms with Crippen molar-refractivity contribution in [3.8, 4) is 0 Å². The first-order valence-corrected chi connectivity index (χ1v) is 12.4.